The molecule has 0 unspecified atom stereocenters. The lowest BCUT2D eigenvalue weighted by Gasteiger charge is -2.06. The Balaban J connectivity index is 4.85. The monoisotopic (exact) mass is 153 g/mol. The van der Waals surface area contributed by atoms with E-state index in [1.807, 2.05) is 6.92 Å². The third kappa shape index (κ3) is 2.45. The Morgan fingerprint density at radius 1 is 1.27 bits per heavy atom. The molecule has 11 heavy (non-hydrogen) atoms. The predicted octanol–water partition coefficient (Wildman–Crippen LogP) is 1.12. The normalized spacial score (nSPS) is 14.3. The SMILES string of the molecule is CC(=N)C(=C/N)/C(C)=C(/C)N. The summed E-state index contributed by atoms with van der Waals surface area (Å²) in [6.45, 7) is 5.33. The van der Waals surface area contributed by atoms with Crippen molar-refractivity contribution >= 4 is 5.71 Å². The van der Waals surface area contributed by atoms with Crippen molar-refractivity contribution in [3.05, 3.63) is 23.0 Å². The second-order valence-corrected chi connectivity index (χ2v) is 2.51. The summed E-state index contributed by atoms with van der Waals surface area (Å²) < 4.78 is 0. The van der Waals surface area contributed by atoms with E-state index in [9.17, 15) is 0 Å². The first-order chi connectivity index (χ1) is 5.00. The van der Waals surface area contributed by atoms with E-state index in [4.69, 9.17) is 16.9 Å². The standard InChI is InChI=1S/C8H15N3/c1-5(6(2)10)8(4-9)7(3)11/h4,11H,9-10H2,1-3H3/b6-5-,8-4+,11-7?. The number of nitrogens with two attached hydrogens (primary N) is 2. The predicted molar refractivity (Wildman–Crippen MR) is 48.2 cm³/mol. The molecule has 3 nitrogen and oxygen atoms in total. The van der Waals surface area contributed by atoms with E-state index >= 15 is 0 Å². The molecular formula is C8H15N3. The van der Waals surface area contributed by atoms with Gasteiger partial charge in [0.2, 0.25) is 0 Å². The van der Waals surface area contributed by atoms with Crippen LogP contribution < -0.4 is 11.5 Å². The Morgan fingerprint density at radius 3 is 1.82 bits per heavy atom. The summed E-state index contributed by atoms with van der Waals surface area (Å²) in [6.07, 6.45) is 1.41. The largest absolute Gasteiger partial charge is 0.404 e. The molecule has 0 fully saturated rings. The van der Waals surface area contributed by atoms with Crippen LogP contribution in [-0.4, -0.2) is 5.71 Å². The third-order valence-electron chi connectivity index (χ3n) is 1.57. The van der Waals surface area contributed by atoms with E-state index in [0.717, 1.165) is 5.57 Å². The Labute approximate surface area is 67.3 Å². The number of hydrogen-bond acceptors (Lipinski definition) is 3. The highest BCUT2D eigenvalue weighted by Gasteiger charge is 2.02. The van der Waals surface area contributed by atoms with Crippen LogP contribution in [0.5, 0.6) is 0 Å². The zero-order chi connectivity index (χ0) is 9.02. The zero-order valence-corrected chi connectivity index (χ0v) is 7.23. The molecule has 0 amide bonds. The van der Waals surface area contributed by atoms with Crippen LogP contribution in [0.4, 0.5) is 0 Å². The fraction of sp³-hybridized carbons (Fsp3) is 0.375. The average Bonchev–Trinajstić information content (AvgIpc) is 1.88. The lowest BCUT2D eigenvalue weighted by Crippen LogP contribution is -2.05. The molecule has 0 saturated carbocycles. The fourth-order valence-electron chi connectivity index (χ4n) is 0.744. The molecule has 5 N–H and O–H groups in total. The van der Waals surface area contributed by atoms with Gasteiger partial charge in [0.05, 0.1) is 0 Å². The Bertz CT molecular complexity index is 219. The summed E-state index contributed by atoms with van der Waals surface area (Å²) in [7, 11) is 0. The minimum Gasteiger partial charge on any atom is -0.404 e. The van der Waals surface area contributed by atoms with Crippen molar-refractivity contribution in [3.8, 4) is 0 Å². The highest BCUT2D eigenvalue weighted by molar-refractivity contribution is 5.99. The molecular weight excluding hydrogens is 138 g/mol. The maximum atomic E-state index is 7.34. The lowest BCUT2D eigenvalue weighted by molar-refractivity contribution is 1.21. The van der Waals surface area contributed by atoms with E-state index in [-0.39, 0.29) is 0 Å². The van der Waals surface area contributed by atoms with Gasteiger partial charge < -0.3 is 16.9 Å². The van der Waals surface area contributed by atoms with Gasteiger partial charge in [-0.05, 0) is 26.3 Å². The topological polar surface area (TPSA) is 75.9 Å². The Morgan fingerprint density at radius 2 is 1.73 bits per heavy atom. The second kappa shape index (κ2) is 3.81. The number of rotatable bonds is 2. The molecule has 0 heterocycles. The van der Waals surface area contributed by atoms with Crippen molar-refractivity contribution in [1.82, 2.24) is 0 Å². The van der Waals surface area contributed by atoms with Gasteiger partial charge in [0, 0.05) is 23.2 Å². The van der Waals surface area contributed by atoms with Gasteiger partial charge in [-0.25, -0.2) is 0 Å². The summed E-state index contributed by atoms with van der Waals surface area (Å²) >= 11 is 0. The highest BCUT2D eigenvalue weighted by atomic mass is 14.6. The smallest absolute Gasteiger partial charge is 0.0372 e. The first-order valence-electron chi connectivity index (χ1n) is 3.41. The molecule has 0 radical (unpaired) electrons. The van der Waals surface area contributed by atoms with E-state index in [1.54, 1.807) is 13.8 Å². The van der Waals surface area contributed by atoms with Gasteiger partial charge in [-0.2, -0.15) is 0 Å². The first kappa shape index (κ1) is 9.75. The maximum Gasteiger partial charge on any atom is 0.0372 e. The summed E-state index contributed by atoms with van der Waals surface area (Å²) in [5.74, 6) is 0. The van der Waals surface area contributed by atoms with Gasteiger partial charge in [-0.3, -0.25) is 0 Å². The molecule has 0 aromatic heterocycles. The summed E-state index contributed by atoms with van der Waals surface area (Å²) in [5, 5.41) is 7.34. The molecule has 0 spiro atoms. The van der Waals surface area contributed by atoms with Crippen LogP contribution in [0.2, 0.25) is 0 Å². The van der Waals surface area contributed by atoms with Gasteiger partial charge in [-0.1, -0.05) is 0 Å². The summed E-state index contributed by atoms with van der Waals surface area (Å²) in [4.78, 5) is 0. The van der Waals surface area contributed by atoms with Crippen LogP contribution in [0.3, 0.4) is 0 Å². The molecule has 0 aliphatic carbocycles. The van der Waals surface area contributed by atoms with Gasteiger partial charge in [0.15, 0.2) is 0 Å². The van der Waals surface area contributed by atoms with Gasteiger partial charge in [0.25, 0.3) is 0 Å². The zero-order valence-electron chi connectivity index (χ0n) is 7.23. The van der Waals surface area contributed by atoms with Crippen molar-refractivity contribution in [2.75, 3.05) is 0 Å². The second-order valence-electron chi connectivity index (χ2n) is 2.51. The lowest BCUT2D eigenvalue weighted by atomic mass is 10.0. The molecule has 0 bridgehead atoms. The molecule has 0 aromatic rings. The van der Waals surface area contributed by atoms with E-state index < -0.39 is 0 Å². The summed E-state index contributed by atoms with van der Waals surface area (Å²) in [6, 6.07) is 0. The minimum atomic E-state index is 0.440. The highest BCUT2D eigenvalue weighted by Crippen LogP contribution is 2.10. The van der Waals surface area contributed by atoms with Gasteiger partial charge in [-0.15, -0.1) is 0 Å². The van der Waals surface area contributed by atoms with Crippen LogP contribution in [0.25, 0.3) is 0 Å². The molecule has 0 rings (SSSR count). The van der Waals surface area contributed by atoms with Crippen molar-refractivity contribution in [3.63, 3.8) is 0 Å². The Kier molecular flexibility index (Phi) is 3.37. The number of nitrogens with one attached hydrogen (secondary N) is 1. The van der Waals surface area contributed by atoms with E-state index in [2.05, 4.69) is 0 Å². The minimum absolute atomic E-state index is 0.440. The third-order valence-corrected chi connectivity index (χ3v) is 1.57. The van der Waals surface area contributed by atoms with Crippen molar-refractivity contribution < 1.29 is 0 Å². The first-order valence-corrected chi connectivity index (χ1v) is 3.41. The van der Waals surface area contributed by atoms with Gasteiger partial charge in [0.1, 0.15) is 0 Å². The van der Waals surface area contributed by atoms with Crippen molar-refractivity contribution in [2.45, 2.75) is 20.8 Å². The molecule has 0 aliphatic heterocycles. The van der Waals surface area contributed by atoms with Crippen LogP contribution >= 0.6 is 0 Å². The fourth-order valence-corrected chi connectivity index (χ4v) is 0.744. The molecule has 0 saturated heterocycles. The molecule has 0 atom stereocenters. The van der Waals surface area contributed by atoms with E-state index in [0.29, 0.717) is 17.0 Å². The quantitative estimate of drug-likeness (QED) is 0.410. The average molecular weight is 153 g/mol. The Hall–Kier alpha value is -1.25. The van der Waals surface area contributed by atoms with Crippen LogP contribution in [-0.2, 0) is 0 Å². The van der Waals surface area contributed by atoms with Crippen LogP contribution in [0.15, 0.2) is 23.0 Å². The van der Waals surface area contributed by atoms with Crippen molar-refractivity contribution in [1.29, 1.82) is 5.41 Å². The van der Waals surface area contributed by atoms with Crippen LogP contribution in [0, 0.1) is 5.41 Å². The van der Waals surface area contributed by atoms with E-state index in [1.165, 1.54) is 6.20 Å². The molecule has 0 aliphatic rings. The maximum absolute atomic E-state index is 7.34. The van der Waals surface area contributed by atoms with Crippen molar-refractivity contribution in [2.24, 2.45) is 11.5 Å². The molecule has 62 valence electrons. The van der Waals surface area contributed by atoms with Gasteiger partial charge >= 0.3 is 0 Å². The van der Waals surface area contributed by atoms with Crippen LogP contribution in [0.1, 0.15) is 20.8 Å². The number of hydrogen-bond donors (Lipinski definition) is 3. The molecule has 3 heteroatoms. The molecule has 0 aromatic carbocycles. The summed E-state index contributed by atoms with van der Waals surface area (Å²) in [5.41, 5.74) is 13.6. The number of allylic oxidation sites excluding steroid dienone is 3.